The summed E-state index contributed by atoms with van der Waals surface area (Å²) in [5.41, 5.74) is 4.68. The van der Waals surface area contributed by atoms with Crippen LogP contribution in [-0.4, -0.2) is 58.2 Å². The SMILES string of the molecule is CC[N+](CC)(CC)Cc1ccnc(-c2cc(C[N+](CC)(CC)CC)ccn2)c1. The van der Waals surface area contributed by atoms with E-state index >= 15 is 0 Å². The standard InChI is InChI=1S/C24H40N4/c1-7-27(8-2,9-3)19-21-13-15-25-23(17-21)24-18-22(14-16-26-24)20-28(10-4,11-5)12-6/h13-18H,7-12,19-20H2,1-6H3/q+2. The number of hydrogen-bond acceptors (Lipinski definition) is 2. The first-order valence-corrected chi connectivity index (χ1v) is 11.1. The zero-order valence-electron chi connectivity index (χ0n) is 18.9. The molecule has 0 aromatic carbocycles. The van der Waals surface area contributed by atoms with Crippen molar-refractivity contribution in [1.82, 2.24) is 9.97 Å². The first-order chi connectivity index (χ1) is 13.5. The molecule has 154 valence electrons. The predicted molar refractivity (Wildman–Crippen MR) is 119 cm³/mol. The summed E-state index contributed by atoms with van der Waals surface area (Å²) in [5, 5.41) is 0. The molecule has 0 aliphatic rings. The van der Waals surface area contributed by atoms with E-state index in [0.29, 0.717) is 0 Å². The molecular weight excluding hydrogens is 344 g/mol. The Morgan fingerprint density at radius 3 is 1.18 bits per heavy atom. The van der Waals surface area contributed by atoms with E-state index < -0.39 is 0 Å². The maximum absolute atomic E-state index is 4.64. The van der Waals surface area contributed by atoms with Gasteiger partial charge in [0.25, 0.3) is 0 Å². The van der Waals surface area contributed by atoms with Gasteiger partial charge in [-0.2, -0.15) is 0 Å². The lowest BCUT2D eigenvalue weighted by Crippen LogP contribution is -2.46. The lowest BCUT2D eigenvalue weighted by Gasteiger charge is -2.36. The summed E-state index contributed by atoms with van der Waals surface area (Å²) < 4.78 is 2.22. The Morgan fingerprint density at radius 1 is 0.571 bits per heavy atom. The van der Waals surface area contributed by atoms with Gasteiger partial charge in [0, 0.05) is 23.5 Å². The lowest BCUT2D eigenvalue weighted by atomic mass is 10.1. The third-order valence-corrected chi connectivity index (χ3v) is 6.97. The molecule has 0 unspecified atom stereocenters. The molecule has 2 aromatic rings. The molecule has 0 N–H and O–H groups in total. The molecule has 0 saturated heterocycles. The third-order valence-electron chi connectivity index (χ3n) is 6.97. The number of quaternary nitrogens is 2. The van der Waals surface area contributed by atoms with Gasteiger partial charge in [0.2, 0.25) is 0 Å². The first kappa shape index (κ1) is 22.5. The van der Waals surface area contributed by atoms with E-state index in [-0.39, 0.29) is 0 Å². The summed E-state index contributed by atoms with van der Waals surface area (Å²) >= 11 is 0. The van der Waals surface area contributed by atoms with Crippen LogP contribution in [0.3, 0.4) is 0 Å². The highest BCUT2D eigenvalue weighted by atomic mass is 15.3. The van der Waals surface area contributed by atoms with Crippen LogP contribution in [0.5, 0.6) is 0 Å². The van der Waals surface area contributed by atoms with Crippen LogP contribution in [-0.2, 0) is 13.1 Å². The van der Waals surface area contributed by atoms with Crippen molar-refractivity contribution in [3.63, 3.8) is 0 Å². The maximum Gasteiger partial charge on any atom is 0.104 e. The molecule has 0 aliphatic carbocycles. The molecule has 0 atom stereocenters. The van der Waals surface area contributed by atoms with E-state index in [4.69, 9.17) is 0 Å². The summed E-state index contributed by atoms with van der Waals surface area (Å²) in [4.78, 5) is 9.28. The summed E-state index contributed by atoms with van der Waals surface area (Å²) in [7, 11) is 0. The molecule has 0 spiro atoms. The summed E-state index contributed by atoms with van der Waals surface area (Å²) in [5.74, 6) is 0. The van der Waals surface area contributed by atoms with Crippen molar-refractivity contribution < 1.29 is 8.97 Å². The Labute approximate surface area is 172 Å². The molecule has 28 heavy (non-hydrogen) atoms. The molecule has 0 bridgehead atoms. The van der Waals surface area contributed by atoms with E-state index in [0.717, 1.165) is 72.7 Å². The Hall–Kier alpha value is -1.78. The second kappa shape index (κ2) is 10.1. The fraction of sp³-hybridized carbons (Fsp3) is 0.583. The minimum Gasteiger partial charge on any atom is -0.321 e. The largest absolute Gasteiger partial charge is 0.321 e. The number of nitrogens with zero attached hydrogens (tertiary/aromatic N) is 4. The van der Waals surface area contributed by atoms with Crippen molar-refractivity contribution in [3.05, 3.63) is 47.8 Å². The maximum atomic E-state index is 4.64. The Kier molecular flexibility index (Phi) is 8.14. The van der Waals surface area contributed by atoms with Crippen molar-refractivity contribution in [2.24, 2.45) is 0 Å². The third kappa shape index (κ3) is 5.18. The van der Waals surface area contributed by atoms with Gasteiger partial charge in [0.05, 0.1) is 50.7 Å². The molecule has 4 nitrogen and oxygen atoms in total. The zero-order chi connectivity index (χ0) is 20.6. The second-order valence-corrected chi connectivity index (χ2v) is 8.00. The van der Waals surface area contributed by atoms with E-state index in [1.54, 1.807) is 0 Å². The molecule has 2 heterocycles. The second-order valence-electron chi connectivity index (χ2n) is 8.00. The summed E-state index contributed by atoms with van der Waals surface area (Å²) in [6.07, 6.45) is 3.89. The molecule has 0 saturated carbocycles. The van der Waals surface area contributed by atoms with E-state index in [2.05, 4.69) is 75.8 Å². The fourth-order valence-electron chi connectivity index (χ4n) is 4.21. The molecule has 0 aliphatic heterocycles. The smallest absolute Gasteiger partial charge is 0.104 e. The summed E-state index contributed by atoms with van der Waals surface area (Å²) in [6.45, 7) is 22.8. The van der Waals surface area contributed by atoms with Crippen LogP contribution in [0.2, 0.25) is 0 Å². The highest BCUT2D eigenvalue weighted by Gasteiger charge is 2.23. The lowest BCUT2D eigenvalue weighted by molar-refractivity contribution is -0.936. The number of pyridine rings is 2. The quantitative estimate of drug-likeness (QED) is 0.515. The molecular formula is C24H40N4+2. The van der Waals surface area contributed by atoms with Gasteiger partial charge in [0.1, 0.15) is 13.1 Å². The van der Waals surface area contributed by atoms with Gasteiger partial charge < -0.3 is 8.97 Å². The monoisotopic (exact) mass is 384 g/mol. The Morgan fingerprint density at radius 2 is 0.893 bits per heavy atom. The highest BCUT2D eigenvalue weighted by molar-refractivity contribution is 5.55. The van der Waals surface area contributed by atoms with Crippen LogP contribution in [0, 0.1) is 0 Å². The van der Waals surface area contributed by atoms with Gasteiger partial charge in [-0.05, 0) is 65.8 Å². The molecule has 4 heteroatoms. The molecule has 2 aromatic heterocycles. The van der Waals surface area contributed by atoms with Crippen LogP contribution in [0.4, 0.5) is 0 Å². The molecule has 0 amide bonds. The van der Waals surface area contributed by atoms with Crippen molar-refractivity contribution in [2.45, 2.75) is 54.6 Å². The predicted octanol–water partition coefficient (Wildman–Crippen LogP) is 4.90. The van der Waals surface area contributed by atoms with Crippen LogP contribution in [0.1, 0.15) is 52.7 Å². The van der Waals surface area contributed by atoms with Gasteiger partial charge in [-0.3, -0.25) is 9.97 Å². The first-order valence-electron chi connectivity index (χ1n) is 11.1. The van der Waals surface area contributed by atoms with Crippen molar-refractivity contribution >= 4 is 0 Å². The van der Waals surface area contributed by atoms with Gasteiger partial charge in [0.15, 0.2) is 0 Å². The van der Waals surface area contributed by atoms with Crippen molar-refractivity contribution in [3.8, 4) is 11.4 Å². The zero-order valence-corrected chi connectivity index (χ0v) is 18.9. The Bertz CT molecular complexity index is 653. The van der Waals surface area contributed by atoms with Gasteiger partial charge in [-0.15, -0.1) is 0 Å². The minimum atomic E-state index is 0.989. The average molecular weight is 385 g/mol. The number of rotatable bonds is 11. The molecule has 0 radical (unpaired) electrons. The van der Waals surface area contributed by atoms with E-state index in [1.807, 2.05) is 12.4 Å². The van der Waals surface area contributed by atoms with E-state index in [9.17, 15) is 0 Å². The Balaban J connectivity index is 2.29. The van der Waals surface area contributed by atoms with E-state index in [1.165, 1.54) is 11.1 Å². The van der Waals surface area contributed by atoms with Crippen molar-refractivity contribution in [2.75, 3.05) is 39.3 Å². The fourth-order valence-corrected chi connectivity index (χ4v) is 4.21. The van der Waals surface area contributed by atoms with Crippen LogP contribution in [0.15, 0.2) is 36.7 Å². The van der Waals surface area contributed by atoms with Crippen LogP contribution >= 0.6 is 0 Å². The van der Waals surface area contributed by atoms with Gasteiger partial charge in [-0.1, -0.05) is 0 Å². The van der Waals surface area contributed by atoms with Crippen molar-refractivity contribution in [1.29, 1.82) is 0 Å². The van der Waals surface area contributed by atoms with Gasteiger partial charge in [-0.25, -0.2) is 0 Å². The van der Waals surface area contributed by atoms with Crippen LogP contribution < -0.4 is 0 Å². The van der Waals surface area contributed by atoms with Gasteiger partial charge >= 0.3 is 0 Å². The topological polar surface area (TPSA) is 25.8 Å². The molecule has 0 fully saturated rings. The number of aromatic nitrogens is 2. The number of hydrogen-bond donors (Lipinski definition) is 0. The minimum absolute atomic E-state index is 0.989. The summed E-state index contributed by atoms with van der Waals surface area (Å²) in [6, 6.07) is 8.80. The highest BCUT2D eigenvalue weighted by Crippen LogP contribution is 2.22. The average Bonchev–Trinajstić information content (AvgIpc) is 2.76. The van der Waals surface area contributed by atoms with Crippen LogP contribution in [0.25, 0.3) is 11.4 Å². The molecule has 2 rings (SSSR count). The normalized spacial score (nSPS) is 12.4.